The van der Waals surface area contributed by atoms with Gasteiger partial charge >= 0.3 is 0 Å². The van der Waals surface area contributed by atoms with Crippen molar-refractivity contribution in [1.82, 2.24) is 0 Å². The van der Waals surface area contributed by atoms with Crippen LogP contribution in [0.5, 0.6) is 0 Å². The summed E-state index contributed by atoms with van der Waals surface area (Å²) < 4.78 is 0. The molecule has 0 bridgehead atoms. The van der Waals surface area contributed by atoms with Crippen LogP contribution in [-0.2, 0) is 0 Å². The molecule has 0 atom stereocenters. The Morgan fingerprint density at radius 3 is 1.67 bits per heavy atom. The molecule has 2 aromatic rings. The molecule has 0 N–H and O–H groups in total. The molecule has 4 heteroatoms. The average Bonchev–Trinajstić information content (AvgIpc) is 3.05. The lowest BCUT2D eigenvalue weighted by Gasteiger charge is -2.27. The van der Waals surface area contributed by atoms with Gasteiger partial charge in [0, 0.05) is 29.2 Å². The van der Waals surface area contributed by atoms with Gasteiger partial charge in [-0.1, -0.05) is 146 Å². The maximum atomic E-state index is 9.91. The molecule has 1 heterocycles. The molecular formula is C39H48N4. The van der Waals surface area contributed by atoms with Gasteiger partial charge in [-0.3, -0.25) is 0 Å². The highest BCUT2D eigenvalue weighted by Gasteiger charge is 2.16. The summed E-state index contributed by atoms with van der Waals surface area (Å²) in [7, 11) is 0. The largest absolute Gasteiger partial charge is 0.347 e. The second-order valence-corrected chi connectivity index (χ2v) is 11.6. The lowest BCUT2D eigenvalue weighted by Crippen LogP contribution is -2.21. The number of fused-ring (bicyclic) bond motifs is 1. The standard InChI is InChI=1S/C39H48N4/c1-2-3-4-5-6-7-8-9-10-11-12-13-14-15-16-19-27-43-28-26-35(38-20-17-18-21-39(38)43)29-36(30-40)33-22-24-34(25-23-33)37(31-41)32-42/h17-18,20-26,28-29H,2-16,19,27H2,1H3/b35-29-. The van der Waals surface area contributed by atoms with Gasteiger partial charge in [0.15, 0.2) is 0 Å². The molecule has 2 aromatic carbocycles. The van der Waals surface area contributed by atoms with Crippen LogP contribution >= 0.6 is 0 Å². The van der Waals surface area contributed by atoms with E-state index in [-0.39, 0.29) is 5.57 Å². The number of unbranched alkanes of at least 4 members (excludes halogenated alkanes) is 15. The van der Waals surface area contributed by atoms with Gasteiger partial charge in [0.2, 0.25) is 0 Å². The van der Waals surface area contributed by atoms with Crippen molar-refractivity contribution in [3.05, 3.63) is 82.9 Å². The van der Waals surface area contributed by atoms with Gasteiger partial charge < -0.3 is 4.90 Å². The summed E-state index contributed by atoms with van der Waals surface area (Å²) in [6.07, 6.45) is 28.1. The molecule has 3 rings (SSSR count). The summed E-state index contributed by atoms with van der Waals surface area (Å²) in [6.45, 7) is 3.28. The zero-order valence-electron chi connectivity index (χ0n) is 26.2. The van der Waals surface area contributed by atoms with Crippen molar-refractivity contribution in [1.29, 1.82) is 15.8 Å². The quantitative estimate of drug-likeness (QED) is 0.167. The Labute approximate surface area is 260 Å². The first-order valence-electron chi connectivity index (χ1n) is 16.5. The second kappa shape index (κ2) is 19.9. The molecule has 0 aliphatic carbocycles. The van der Waals surface area contributed by atoms with E-state index in [2.05, 4.69) is 48.4 Å². The number of hydrogen-bond acceptors (Lipinski definition) is 4. The maximum absolute atomic E-state index is 9.91. The normalized spacial score (nSPS) is 12.8. The summed E-state index contributed by atoms with van der Waals surface area (Å²) in [5.74, 6) is 0. The Bertz CT molecular complexity index is 1420. The third kappa shape index (κ3) is 11.3. The highest BCUT2D eigenvalue weighted by molar-refractivity contribution is 5.92. The van der Waals surface area contributed by atoms with E-state index < -0.39 is 0 Å². The van der Waals surface area contributed by atoms with Gasteiger partial charge in [-0.25, -0.2) is 0 Å². The second-order valence-electron chi connectivity index (χ2n) is 11.6. The van der Waals surface area contributed by atoms with Crippen LogP contribution in [0.4, 0.5) is 5.69 Å². The van der Waals surface area contributed by atoms with E-state index in [9.17, 15) is 5.26 Å². The molecule has 0 spiro atoms. The minimum Gasteiger partial charge on any atom is -0.347 e. The molecule has 1 aliphatic heterocycles. The number of benzene rings is 2. The smallest absolute Gasteiger partial charge is 0.136 e. The fraction of sp³-hybridized carbons (Fsp3) is 0.462. The van der Waals surface area contributed by atoms with Crippen LogP contribution in [0, 0.1) is 34.0 Å². The van der Waals surface area contributed by atoms with Crippen molar-refractivity contribution in [3.63, 3.8) is 0 Å². The number of nitriles is 3. The molecule has 0 unspecified atom stereocenters. The van der Waals surface area contributed by atoms with E-state index in [4.69, 9.17) is 10.5 Å². The number of nitrogens with zero attached hydrogens (tertiary/aromatic N) is 4. The fourth-order valence-corrected chi connectivity index (χ4v) is 5.77. The Kier molecular flexibility index (Phi) is 15.5. The number of hydrogen-bond donors (Lipinski definition) is 0. The summed E-state index contributed by atoms with van der Waals surface area (Å²) >= 11 is 0. The zero-order chi connectivity index (χ0) is 30.5. The van der Waals surface area contributed by atoms with Crippen molar-refractivity contribution in [2.75, 3.05) is 11.4 Å². The van der Waals surface area contributed by atoms with Crippen molar-refractivity contribution < 1.29 is 0 Å². The van der Waals surface area contributed by atoms with E-state index in [0.717, 1.165) is 22.9 Å². The minimum atomic E-state index is 0.0667. The third-order valence-electron chi connectivity index (χ3n) is 8.34. The molecular weight excluding hydrogens is 524 g/mol. The predicted molar refractivity (Wildman–Crippen MR) is 180 cm³/mol. The first-order valence-corrected chi connectivity index (χ1v) is 16.5. The van der Waals surface area contributed by atoms with E-state index >= 15 is 0 Å². The fourth-order valence-electron chi connectivity index (χ4n) is 5.77. The lowest BCUT2D eigenvalue weighted by molar-refractivity contribution is 0.530. The molecule has 0 saturated heterocycles. The van der Waals surface area contributed by atoms with Crippen LogP contribution in [0.25, 0.3) is 16.7 Å². The Morgan fingerprint density at radius 2 is 1.14 bits per heavy atom. The summed E-state index contributed by atoms with van der Waals surface area (Å²) in [6, 6.07) is 21.6. The zero-order valence-corrected chi connectivity index (χ0v) is 26.2. The summed E-state index contributed by atoms with van der Waals surface area (Å²) in [5, 5.41) is 29.5. The Balaban J connectivity index is 1.43. The van der Waals surface area contributed by atoms with Gasteiger partial charge in [-0.15, -0.1) is 0 Å². The van der Waals surface area contributed by atoms with Crippen LogP contribution in [-0.4, -0.2) is 6.54 Å². The highest BCUT2D eigenvalue weighted by atomic mass is 15.1. The molecule has 0 radical (unpaired) electrons. The average molecular weight is 573 g/mol. The Hall–Kier alpha value is -4.07. The van der Waals surface area contributed by atoms with Crippen molar-refractivity contribution in [3.8, 4) is 18.2 Å². The SMILES string of the molecule is CCCCCCCCCCCCCCCCCCN1C=C/C(=C/C(C#N)=c2ccc(=C(C#N)C#N)cc2)c2ccccc21. The van der Waals surface area contributed by atoms with Crippen LogP contribution < -0.4 is 15.3 Å². The predicted octanol–water partition coefficient (Wildman–Crippen LogP) is 9.24. The summed E-state index contributed by atoms with van der Waals surface area (Å²) in [4.78, 5) is 2.33. The topological polar surface area (TPSA) is 74.6 Å². The van der Waals surface area contributed by atoms with Gasteiger partial charge in [0.25, 0.3) is 0 Å². The molecule has 43 heavy (non-hydrogen) atoms. The van der Waals surface area contributed by atoms with Gasteiger partial charge in [0.05, 0.1) is 11.6 Å². The Morgan fingerprint density at radius 1 is 0.628 bits per heavy atom. The van der Waals surface area contributed by atoms with E-state index in [1.54, 1.807) is 24.3 Å². The van der Waals surface area contributed by atoms with E-state index in [1.807, 2.05) is 24.3 Å². The number of para-hydroxylation sites is 1. The minimum absolute atomic E-state index is 0.0667. The molecule has 1 aliphatic rings. The maximum Gasteiger partial charge on any atom is 0.136 e. The monoisotopic (exact) mass is 572 g/mol. The molecule has 0 amide bonds. The highest BCUT2D eigenvalue weighted by Crippen LogP contribution is 2.33. The molecule has 4 nitrogen and oxygen atoms in total. The van der Waals surface area contributed by atoms with E-state index in [1.165, 1.54) is 108 Å². The van der Waals surface area contributed by atoms with Crippen LogP contribution in [0.1, 0.15) is 115 Å². The first kappa shape index (κ1) is 33.4. The molecule has 0 aromatic heterocycles. The number of rotatable bonds is 18. The van der Waals surface area contributed by atoms with Gasteiger partial charge in [0.1, 0.15) is 17.7 Å². The van der Waals surface area contributed by atoms with E-state index in [0.29, 0.717) is 10.8 Å². The van der Waals surface area contributed by atoms with Crippen LogP contribution in [0.15, 0.2) is 66.9 Å². The first-order chi connectivity index (χ1) is 21.2. The van der Waals surface area contributed by atoms with Gasteiger partial charge in [-0.05, 0) is 35.4 Å². The third-order valence-corrected chi connectivity index (χ3v) is 8.34. The van der Waals surface area contributed by atoms with Crippen LogP contribution in [0.2, 0.25) is 0 Å². The van der Waals surface area contributed by atoms with Crippen LogP contribution in [0.3, 0.4) is 0 Å². The molecule has 0 saturated carbocycles. The van der Waals surface area contributed by atoms with Gasteiger partial charge in [-0.2, -0.15) is 15.8 Å². The summed E-state index contributed by atoms with van der Waals surface area (Å²) in [5.41, 5.74) is 3.91. The van der Waals surface area contributed by atoms with Crippen molar-refractivity contribution in [2.24, 2.45) is 0 Å². The lowest BCUT2D eigenvalue weighted by atomic mass is 9.97. The number of allylic oxidation sites excluding steroid dienone is 3. The van der Waals surface area contributed by atoms with Crippen molar-refractivity contribution >= 4 is 22.4 Å². The van der Waals surface area contributed by atoms with Crippen molar-refractivity contribution in [2.45, 2.75) is 110 Å². The molecule has 0 fully saturated rings. The number of anilines is 1. The molecule has 224 valence electrons.